The maximum atomic E-state index is 12.1. The lowest BCUT2D eigenvalue weighted by Crippen LogP contribution is -2.33. The van der Waals surface area contributed by atoms with Crippen LogP contribution < -0.4 is 10.1 Å². The number of carbonyl (C=O) groups excluding carboxylic acids is 1. The van der Waals surface area contributed by atoms with Gasteiger partial charge in [0.05, 0.1) is 11.4 Å². The number of ether oxygens (including phenoxy) is 1. The second kappa shape index (κ2) is 9.18. The molecule has 32 heavy (non-hydrogen) atoms. The highest BCUT2D eigenvalue weighted by Gasteiger charge is 2.23. The number of benzene rings is 3. The highest BCUT2D eigenvalue weighted by Crippen LogP contribution is 2.33. The Morgan fingerprint density at radius 3 is 2.56 bits per heavy atom. The second-order valence-corrected chi connectivity index (χ2v) is 10.1. The molecule has 1 aliphatic rings. The van der Waals surface area contributed by atoms with Gasteiger partial charge in [-0.05, 0) is 64.7 Å². The summed E-state index contributed by atoms with van der Waals surface area (Å²) >= 11 is 5.95. The van der Waals surface area contributed by atoms with E-state index < -0.39 is 9.84 Å². The van der Waals surface area contributed by atoms with Gasteiger partial charge in [-0.15, -0.1) is 0 Å². The van der Waals surface area contributed by atoms with Crippen LogP contribution in [0.4, 0.5) is 0 Å². The summed E-state index contributed by atoms with van der Waals surface area (Å²) in [5, 5.41) is 3.49. The van der Waals surface area contributed by atoms with Crippen molar-refractivity contribution in [3.8, 4) is 16.9 Å². The van der Waals surface area contributed by atoms with E-state index in [0.29, 0.717) is 22.9 Å². The topological polar surface area (TPSA) is 72.5 Å². The van der Waals surface area contributed by atoms with Crippen LogP contribution in [0.1, 0.15) is 11.1 Å². The van der Waals surface area contributed by atoms with Crippen molar-refractivity contribution in [2.45, 2.75) is 17.4 Å². The maximum Gasteiger partial charge on any atom is 0.244 e. The van der Waals surface area contributed by atoms with Crippen molar-refractivity contribution in [1.82, 2.24) is 5.32 Å². The normalized spacial score (nSPS) is 15.4. The van der Waals surface area contributed by atoms with E-state index in [-0.39, 0.29) is 12.0 Å². The monoisotopic (exact) mass is 467 g/mol. The molecule has 164 valence electrons. The Labute approximate surface area is 192 Å². The zero-order valence-electron chi connectivity index (χ0n) is 17.4. The molecule has 0 saturated carbocycles. The van der Waals surface area contributed by atoms with E-state index in [0.717, 1.165) is 28.0 Å². The molecule has 1 aliphatic heterocycles. The maximum absolute atomic E-state index is 12.1. The molecule has 5 nitrogen and oxygen atoms in total. The van der Waals surface area contributed by atoms with E-state index in [1.165, 1.54) is 12.3 Å². The number of sulfone groups is 1. The average Bonchev–Trinajstić information content (AvgIpc) is 3.18. The van der Waals surface area contributed by atoms with Gasteiger partial charge in [-0.25, -0.2) is 8.42 Å². The first-order valence-electron chi connectivity index (χ1n) is 10.1. The third-order valence-electron chi connectivity index (χ3n) is 5.20. The Balaban J connectivity index is 1.35. The molecule has 0 radical (unpaired) electrons. The van der Waals surface area contributed by atoms with E-state index in [9.17, 15) is 13.2 Å². The molecule has 7 heteroatoms. The van der Waals surface area contributed by atoms with E-state index >= 15 is 0 Å². The summed E-state index contributed by atoms with van der Waals surface area (Å²) in [6, 6.07) is 20.0. The third kappa shape index (κ3) is 5.39. The van der Waals surface area contributed by atoms with Crippen molar-refractivity contribution in [3.05, 3.63) is 89.0 Å². The van der Waals surface area contributed by atoms with Gasteiger partial charge >= 0.3 is 0 Å². The van der Waals surface area contributed by atoms with Gasteiger partial charge in [0, 0.05) is 23.8 Å². The smallest absolute Gasteiger partial charge is 0.244 e. The minimum atomic E-state index is -3.22. The number of rotatable bonds is 6. The molecule has 1 atom stereocenters. The Kier molecular flexibility index (Phi) is 6.35. The first kappa shape index (κ1) is 22.1. The van der Waals surface area contributed by atoms with Crippen LogP contribution in [0.25, 0.3) is 17.2 Å². The molecule has 0 spiro atoms. The Morgan fingerprint density at radius 1 is 1.09 bits per heavy atom. The highest BCUT2D eigenvalue weighted by molar-refractivity contribution is 7.90. The van der Waals surface area contributed by atoms with E-state index in [2.05, 4.69) is 5.32 Å². The predicted octanol–water partition coefficient (Wildman–Crippen LogP) is 4.54. The Bertz CT molecular complexity index is 1280. The lowest BCUT2D eigenvalue weighted by atomic mass is 10.0. The third-order valence-corrected chi connectivity index (χ3v) is 6.56. The summed E-state index contributed by atoms with van der Waals surface area (Å²) in [5.41, 5.74) is 3.84. The molecule has 0 saturated heterocycles. The molecule has 0 bridgehead atoms. The van der Waals surface area contributed by atoms with Crippen LogP contribution in [-0.4, -0.2) is 33.2 Å². The first-order valence-corrected chi connectivity index (χ1v) is 12.4. The fourth-order valence-electron chi connectivity index (χ4n) is 3.56. The van der Waals surface area contributed by atoms with Gasteiger partial charge < -0.3 is 10.1 Å². The zero-order chi connectivity index (χ0) is 22.7. The lowest BCUT2D eigenvalue weighted by molar-refractivity contribution is -0.116. The van der Waals surface area contributed by atoms with Crippen molar-refractivity contribution in [3.63, 3.8) is 0 Å². The standard InChI is InChI=1S/C25H22ClNO4S/c1-32(29,30)23-9-6-18(7-10-23)19-8-11-24-20(14-19)15-22(31-24)16-27-25(28)12-5-17-3-2-4-21(26)13-17/h2-14,22H,15-16H2,1H3,(H,27,28)/b12-5+/t22-/m1/s1. The number of halogens is 1. The minimum Gasteiger partial charge on any atom is -0.488 e. The summed E-state index contributed by atoms with van der Waals surface area (Å²) in [5.74, 6) is 0.603. The van der Waals surface area contributed by atoms with E-state index in [1.807, 2.05) is 30.3 Å². The van der Waals surface area contributed by atoms with Crippen molar-refractivity contribution >= 4 is 33.4 Å². The SMILES string of the molecule is CS(=O)(=O)c1ccc(-c2ccc3c(c2)C[C@H](CNC(=O)/C=C/c2cccc(Cl)c2)O3)cc1. The first-order chi connectivity index (χ1) is 15.3. The molecule has 1 amide bonds. The summed E-state index contributed by atoms with van der Waals surface area (Å²) < 4.78 is 29.3. The van der Waals surface area contributed by atoms with Gasteiger partial charge in [-0.1, -0.05) is 41.9 Å². The van der Waals surface area contributed by atoms with Crippen LogP contribution in [0.2, 0.25) is 5.02 Å². The number of amides is 1. The highest BCUT2D eigenvalue weighted by atomic mass is 35.5. The summed E-state index contributed by atoms with van der Waals surface area (Å²) in [7, 11) is -3.22. The summed E-state index contributed by atoms with van der Waals surface area (Å²) in [6.45, 7) is 0.395. The van der Waals surface area contributed by atoms with Gasteiger partial charge in [0.15, 0.2) is 9.84 Å². The van der Waals surface area contributed by atoms with Crippen molar-refractivity contribution < 1.29 is 17.9 Å². The fourth-order valence-corrected chi connectivity index (χ4v) is 4.39. The van der Waals surface area contributed by atoms with Crippen LogP contribution in [-0.2, 0) is 21.1 Å². The van der Waals surface area contributed by atoms with Crippen molar-refractivity contribution in [2.75, 3.05) is 12.8 Å². The fraction of sp³-hybridized carbons (Fsp3) is 0.160. The average molecular weight is 468 g/mol. The molecule has 4 rings (SSSR count). The van der Waals surface area contributed by atoms with Crippen molar-refractivity contribution in [2.24, 2.45) is 0 Å². The van der Waals surface area contributed by atoms with Crippen molar-refractivity contribution in [1.29, 1.82) is 0 Å². The molecular formula is C25H22ClNO4S. The minimum absolute atomic E-state index is 0.142. The van der Waals surface area contributed by atoms with Gasteiger partial charge in [0.1, 0.15) is 11.9 Å². The van der Waals surface area contributed by atoms with Gasteiger partial charge in [0.25, 0.3) is 0 Å². The van der Waals surface area contributed by atoms with Crippen LogP contribution in [0.3, 0.4) is 0 Å². The second-order valence-electron chi connectivity index (χ2n) is 7.70. The van der Waals surface area contributed by atoms with Crippen LogP contribution >= 0.6 is 11.6 Å². The van der Waals surface area contributed by atoms with Crippen LogP contribution in [0.15, 0.2) is 77.7 Å². The number of hydrogen-bond donors (Lipinski definition) is 1. The number of fused-ring (bicyclic) bond motifs is 1. The molecule has 0 unspecified atom stereocenters. The molecule has 0 aromatic heterocycles. The van der Waals surface area contributed by atoms with E-state index in [1.54, 1.807) is 42.5 Å². The van der Waals surface area contributed by atoms with Gasteiger partial charge in [0.2, 0.25) is 5.91 Å². The van der Waals surface area contributed by atoms with Gasteiger partial charge in [-0.3, -0.25) is 4.79 Å². The molecule has 1 heterocycles. The largest absolute Gasteiger partial charge is 0.488 e. The number of carbonyl (C=O) groups is 1. The molecule has 0 fully saturated rings. The zero-order valence-corrected chi connectivity index (χ0v) is 19.0. The number of hydrogen-bond acceptors (Lipinski definition) is 4. The Morgan fingerprint density at radius 2 is 1.84 bits per heavy atom. The quantitative estimate of drug-likeness (QED) is 0.540. The number of nitrogens with one attached hydrogen (secondary N) is 1. The molecule has 3 aromatic rings. The molecule has 1 N–H and O–H groups in total. The summed E-state index contributed by atoms with van der Waals surface area (Å²) in [6.07, 6.45) is 4.93. The predicted molar refractivity (Wildman–Crippen MR) is 127 cm³/mol. The molecule has 3 aromatic carbocycles. The molecular weight excluding hydrogens is 446 g/mol. The summed E-state index contributed by atoms with van der Waals surface area (Å²) in [4.78, 5) is 12.4. The van der Waals surface area contributed by atoms with E-state index in [4.69, 9.17) is 16.3 Å². The Hall–Kier alpha value is -3.09. The van der Waals surface area contributed by atoms with Gasteiger partial charge in [-0.2, -0.15) is 0 Å². The lowest BCUT2D eigenvalue weighted by Gasteiger charge is -2.10. The van der Waals surface area contributed by atoms with Crippen LogP contribution in [0.5, 0.6) is 5.75 Å². The molecule has 0 aliphatic carbocycles. The van der Waals surface area contributed by atoms with Crippen LogP contribution in [0, 0.1) is 0 Å².